The number of hydrogen-bond acceptors (Lipinski definition) is 3. The number of carbonyl (C=O) groups is 2. The highest BCUT2D eigenvalue weighted by atomic mass is 16.5. The van der Waals surface area contributed by atoms with Crippen LogP contribution >= 0.6 is 0 Å². The minimum Gasteiger partial charge on any atom is -0.479 e. The summed E-state index contributed by atoms with van der Waals surface area (Å²) in [6, 6.07) is 0. The van der Waals surface area contributed by atoms with E-state index in [1.807, 2.05) is 13.0 Å². The molecule has 94 valence electrons. The monoisotopic (exact) mass is 239 g/mol. The third-order valence-electron chi connectivity index (χ3n) is 2.44. The summed E-state index contributed by atoms with van der Waals surface area (Å²) in [5.74, 6) is -1.14. The van der Waals surface area contributed by atoms with E-state index >= 15 is 0 Å². The Kier molecular flexibility index (Phi) is 5.42. The topological polar surface area (TPSA) is 75.6 Å². The molecule has 5 nitrogen and oxygen atoms in total. The third kappa shape index (κ3) is 4.82. The van der Waals surface area contributed by atoms with Crippen molar-refractivity contribution in [1.82, 2.24) is 5.32 Å². The SMILES string of the molecule is CC=CC=CC(=O)NCC1CCC(C(=O)O)O1. The molecule has 5 heteroatoms. The number of amides is 1. The van der Waals surface area contributed by atoms with Gasteiger partial charge in [0.15, 0.2) is 6.10 Å². The van der Waals surface area contributed by atoms with Gasteiger partial charge in [0, 0.05) is 12.6 Å². The molecule has 1 heterocycles. The van der Waals surface area contributed by atoms with Crippen LogP contribution in [0.15, 0.2) is 24.3 Å². The Labute approximate surface area is 100 Å². The molecular formula is C12H17NO4. The lowest BCUT2D eigenvalue weighted by molar-refractivity contribution is -0.149. The first kappa shape index (κ1) is 13.4. The summed E-state index contributed by atoms with van der Waals surface area (Å²) < 4.78 is 5.25. The zero-order valence-corrected chi connectivity index (χ0v) is 9.76. The van der Waals surface area contributed by atoms with E-state index in [-0.39, 0.29) is 12.0 Å². The van der Waals surface area contributed by atoms with Gasteiger partial charge < -0.3 is 15.2 Å². The van der Waals surface area contributed by atoms with Crippen LogP contribution in [0.3, 0.4) is 0 Å². The van der Waals surface area contributed by atoms with Crippen LogP contribution < -0.4 is 5.32 Å². The molecule has 1 aliphatic heterocycles. The largest absolute Gasteiger partial charge is 0.479 e. The highest BCUT2D eigenvalue weighted by molar-refractivity contribution is 5.87. The molecule has 2 N–H and O–H groups in total. The van der Waals surface area contributed by atoms with Crippen LogP contribution in [0.5, 0.6) is 0 Å². The molecule has 1 saturated heterocycles. The molecule has 1 fully saturated rings. The van der Waals surface area contributed by atoms with Crippen molar-refractivity contribution in [3.8, 4) is 0 Å². The van der Waals surface area contributed by atoms with Gasteiger partial charge in [-0.1, -0.05) is 18.2 Å². The van der Waals surface area contributed by atoms with Crippen molar-refractivity contribution in [3.63, 3.8) is 0 Å². The minimum atomic E-state index is -0.938. The predicted octanol–water partition coefficient (Wildman–Crippen LogP) is 0.867. The van der Waals surface area contributed by atoms with E-state index in [2.05, 4.69) is 5.32 Å². The molecule has 0 aromatic carbocycles. The molecular weight excluding hydrogens is 222 g/mol. The lowest BCUT2D eigenvalue weighted by atomic mass is 10.2. The number of hydrogen-bond donors (Lipinski definition) is 2. The van der Waals surface area contributed by atoms with E-state index in [4.69, 9.17) is 9.84 Å². The van der Waals surface area contributed by atoms with Crippen LogP contribution in [0.25, 0.3) is 0 Å². The molecule has 2 atom stereocenters. The molecule has 0 aromatic rings. The van der Waals surface area contributed by atoms with Crippen LogP contribution in [0.4, 0.5) is 0 Å². The smallest absolute Gasteiger partial charge is 0.332 e. The lowest BCUT2D eigenvalue weighted by Crippen LogP contribution is -2.32. The van der Waals surface area contributed by atoms with E-state index in [0.717, 1.165) is 0 Å². The lowest BCUT2D eigenvalue weighted by Gasteiger charge is -2.11. The van der Waals surface area contributed by atoms with E-state index < -0.39 is 12.1 Å². The zero-order chi connectivity index (χ0) is 12.7. The molecule has 0 radical (unpaired) electrons. The molecule has 0 bridgehead atoms. The van der Waals surface area contributed by atoms with Gasteiger partial charge in [0.2, 0.25) is 5.91 Å². The molecule has 0 aromatic heterocycles. The summed E-state index contributed by atoms with van der Waals surface area (Å²) in [6.07, 6.45) is 6.88. The Bertz CT molecular complexity index is 335. The Balaban J connectivity index is 2.24. The molecule has 1 aliphatic rings. The van der Waals surface area contributed by atoms with Crippen molar-refractivity contribution >= 4 is 11.9 Å². The van der Waals surface area contributed by atoms with Gasteiger partial charge in [0.1, 0.15) is 0 Å². The highest BCUT2D eigenvalue weighted by Gasteiger charge is 2.30. The Morgan fingerprint density at radius 1 is 1.41 bits per heavy atom. The van der Waals surface area contributed by atoms with Crippen molar-refractivity contribution in [2.75, 3.05) is 6.54 Å². The normalized spacial score (nSPS) is 24.5. The van der Waals surface area contributed by atoms with Crippen molar-refractivity contribution in [1.29, 1.82) is 0 Å². The summed E-state index contributed by atoms with van der Waals surface area (Å²) in [6.45, 7) is 2.21. The summed E-state index contributed by atoms with van der Waals surface area (Å²) in [7, 11) is 0. The first-order chi connectivity index (χ1) is 8.13. The molecule has 1 amide bonds. The Morgan fingerprint density at radius 2 is 2.18 bits per heavy atom. The van der Waals surface area contributed by atoms with Crippen LogP contribution in [0.2, 0.25) is 0 Å². The van der Waals surface area contributed by atoms with Crippen molar-refractivity contribution in [3.05, 3.63) is 24.3 Å². The number of carboxylic acid groups (broad SMARTS) is 1. The van der Waals surface area contributed by atoms with Crippen molar-refractivity contribution in [2.45, 2.75) is 32.0 Å². The molecule has 17 heavy (non-hydrogen) atoms. The average molecular weight is 239 g/mol. The molecule has 0 saturated carbocycles. The maximum atomic E-state index is 11.3. The van der Waals surface area contributed by atoms with Gasteiger partial charge in [0.25, 0.3) is 0 Å². The fourth-order valence-corrected chi connectivity index (χ4v) is 1.56. The van der Waals surface area contributed by atoms with Gasteiger partial charge in [-0.2, -0.15) is 0 Å². The van der Waals surface area contributed by atoms with E-state index in [1.165, 1.54) is 6.08 Å². The second kappa shape index (κ2) is 6.85. The average Bonchev–Trinajstić information content (AvgIpc) is 2.75. The first-order valence-electron chi connectivity index (χ1n) is 5.59. The van der Waals surface area contributed by atoms with Crippen LogP contribution in [0, 0.1) is 0 Å². The zero-order valence-electron chi connectivity index (χ0n) is 9.76. The summed E-state index contributed by atoms with van der Waals surface area (Å²) in [4.78, 5) is 21.9. The van der Waals surface area contributed by atoms with E-state index in [1.54, 1.807) is 12.2 Å². The molecule has 0 aliphatic carbocycles. The predicted molar refractivity (Wildman–Crippen MR) is 62.5 cm³/mol. The summed E-state index contributed by atoms with van der Waals surface area (Å²) in [5, 5.41) is 11.4. The number of nitrogens with one attached hydrogen (secondary N) is 1. The van der Waals surface area contributed by atoms with Crippen LogP contribution in [-0.2, 0) is 14.3 Å². The summed E-state index contributed by atoms with van der Waals surface area (Å²) in [5.41, 5.74) is 0. The Hall–Kier alpha value is -1.62. The second-order valence-corrected chi connectivity index (χ2v) is 3.79. The number of ether oxygens (including phenoxy) is 1. The molecule has 2 unspecified atom stereocenters. The number of carboxylic acids is 1. The van der Waals surface area contributed by atoms with Crippen LogP contribution in [-0.4, -0.2) is 35.7 Å². The standard InChI is InChI=1S/C12H17NO4/c1-2-3-4-5-11(14)13-8-9-6-7-10(17-9)12(15)16/h2-5,9-10H,6-8H2,1H3,(H,13,14)(H,15,16). The fraction of sp³-hybridized carbons (Fsp3) is 0.500. The molecule has 0 spiro atoms. The van der Waals surface area contributed by atoms with Crippen molar-refractivity contribution in [2.24, 2.45) is 0 Å². The van der Waals surface area contributed by atoms with Crippen molar-refractivity contribution < 1.29 is 19.4 Å². The maximum absolute atomic E-state index is 11.3. The third-order valence-corrected chi connectivity index (χ3v) is 2.44. The quantitative estimate of drug-likeness (QED) is 0.551. The van der Waals surface area contributed by atoms with E-state index in [9.17, 15) is 9.59 Å². The number of rotatable bonds is 5. The van der Waals surface area contributed by atoms with E-state index in [0.29, 0.717) is 19.4 Å². The van der Waals surface area contributed by atoms with Gasteiger partial charge in [-0.3, -0.25) is 4.79 Å². The number of allylic oxidation sites excluding steroid dienone is 3. The number of aliphatic carboxylic acids is 1. The van der Waals surface area contributed by atoms with Gasteiger partial charge in [-0.05, 0) is 19.8 Å². The van der Waals surface area contributed by atoms with Gasteiger partial charge in [0.05, 0.1) is 6.10 Å². The van der Waals surface area contributed by atoms with Gasteiger partial charge >= 0.3 is 5.97 Å². The minimum absolute atomic E-state index is 0.199. The van der Waals surface area contributed by atoms with Gasteiger partial charge in [-0.15, -0.1) is 0 Å². The second-order valence-electron chi connectivity index (χ2n) is 3.79. The van der Waals surface area contributed by atoms with Crippen LogP contribution in [0.1, 0.15) is 19.8 Å². The fourth-order valence-electron chi connectivity index (χ4n) is 1.56. The number of carbonyl (C=O) groups excluding carboxylic acids is 1. The summed E-state index contributed by atoms with van der Waals surface area (Å²) >= 11 is 0. The first-order valence-corrected chi connectivity index (χ1v) is 5.59. The molecule has 1 rings (SSSR count). The van der Waals surface area contributed by atoms with Gasteiger partial charge in [-0.25, -0.2) is 4.79 Å². The Morgan fingerprint density at radius 3 is 2.76 bits per heavy atom. The highest BCUT2D eigenvalue weighted by Crippen LogP contribution is 2.19. The maximum Gasteiger partial charge on any atom is 0.332 e.